The summed E-state index contributed by atoms with van der Waals surface area (Å²) in [6.45, 7) is 26.4. The smallest absolute Gasteiger partial charge is 0.410 e. The van der Waals surface area contributed by atoms with E-state index in [0.29, 0.717) is 12.8 Å². The molecule has 23 nitrogen and oxygen atoms in total. The molecule has 4 fully saturated rings. The van der Waals surface area contributed by atoms with E-state index in [2.05, 4.69) is 16.0 Å². The molecule has 3 aliphatic heterocycles. The normalized spacial score (nSPS) is 32.7. The predicted octanol–water partition coefficient (Wildman–Crippen LogP) is 3.13. The second kappa shape index (κ2) is 23.9. The Morgan fingerprint density at radius 2 is 1.26 bits per heavy atom. The number of esters is 1. The van der Waals surface area contributed by atoms with Gasteiger partial charge in [0.15, 0.2) is 18.4 Å². The molecule has 0 spiro atoms. The Morgan fingerprint density at radius 3 is 1.82 bits per heavy atom. The molecule has 4 amide bonds. The number of rotatable bonds is 15. The highest BCUT2D eigenvalue weighted by Crippen LogP contribution is 2.38. The number of aliphatic hydroxyl groups is 4. The van der Waals surface area contributed by atoms with Crippen molar-refractivity contribution in [3.05, 3.63) is 0 Å². The Kier molecular flexibility index (Phi) is 20.2. The molecular weight excluding hydrogens is 949 g/mol. The Hall–Kier alpha value is -3.65. The van der Waals surface area contributed by atoms with Crippen LogP contribution in [0, 0.1) is 11.8 Å². The lowest BCUT2D eigenvalue weighted by atomic mass is 9.80. The fourth-order valence-corrected chi connectivity index (χ4v) is 8.68. The number of carbonyl (C=O) groups is 5. The van der Waals surface area contributed by atoms with E-state index in [4.69, 9.17) is 47.4 Å². The molecule has 4 aliphatic rings. The van der Waals surface area contributed by atoms with Gasteiger partial charge in [0.05, 0.1) is 63.1 Å². The predicted molar refractivity (Wildman–Crippen MR) is 256 cm³/mol. The van der Waals surface area contributed by atoms with Crippen molar-refractivity contribution in [3.8, 4) is 0 Å². The van der Waals surface area contributed by atoms with Gasteiger partial charge in [-0.25, -0.2) is 14.4 Å². The van der Waals surface area contributed by atoms with Crippen LogP contribution >= 0.6 is 0 Å². The zero-order valence-corrected chi connectivity index (χ0v) is 45.2. The molecule has 1 saturated carbocycles. The van der Waals surface area contributed by atoms with E-state index in [1.165, 1.54) is 11.8 Å². The number of nitrogens with one attached hydrogen (secondary N) is 3. The summed E-state index contributed by atoms with van der Waals surface area (Å²) in [7, 11) is 0. The minimum absolute atomic E-state index is 0.0602. The van der Waals surface area contributed by atoms with Crippen LogP contribution in [0.25, 0.3) is 0 Å². The van der Waals surface area contributed by atoms with Gasteiger partial charge in [-0.2, -0.15) is 0 Å². The van der Waals surface area contributed by atoms with E-state index >= 15 is 0 Å². The molecule has 3 saturated heterocycles. The molecule has 416 valence electrons. The number of aliphatic hydroxyl groups excluding tert-OH is 3. The minimum Gasteiger partial charge on any atom is -0.460 e. The second-order valence-electron chi connectivity index (χ2n) is 24.1. The maximum atomic E-state index is 13.8. The van der Waals surface area contributed by atoms with Gasteiger partial charge in [-0.1, -0.05) is 6.92 Å². The van der Waals surface area contributed by atoms with Crippen LogP contribution < -0.4 is 16.0 Å². The lowest BCUT2D eigenvalue weighted by Crippen LogP contribution is -2.69. The SMILES string of the molecule is CC1CC[C@@H](CN(C[C@@H]2COC(C)(C)O2)C(=O)OC(C)(C)C)O[C@@H]1OC1C(O)C(O[C@H]2OCC(C)(O)[C@H](CC(=O)OC(C)(C)C)C2O)[C@H](NC(=O)[C@@H](O)CNC(=O)OC(C)(C)C)C[C@@H]1NC(=O)OC(C)(C)C. The van der Waals surface area contributed by atoms with Crippen molar-refractivity contribution in [3.63, 3.8) is 0 Å². The molecule has 3 heterocycles. The zero-order valence-electron chi connectivity index (χ0n) is 45.2. The molecule has 72 heavy (non-hydrogen) atoms. The summed E-state index contributed by atoms with van der Waals surface area (Å²) < 4.78 is 59.4. The summed E-state index contributed by atoms with van der Waals surface area (Å²) in [6, 6.07) is -2.48. The maximum Gasteiger partial charge on any atom is 0.410 e. The summed E-state index contributed by atoms with van der Waals surface area (Å²) in [5.41, 5.74) is -5.30. The van der Waals surface area contributed by atoms with E-state index in [0.717, 1.165) is 0 Å². The lowest BCUT2D eigenvalue weighted by Gasteiger charge is -2.49. The molecule has 1 aliphatic carbocycles. The number of hydrogen-bond acceptors (Lipinski definition) is 19. The van der Waals surface area contributed by atoms with Crippen LogP contribution in [0.5, 0.6) is 0 Å². The number of amides is 4. The summed E-state index contributed by atoms with van der Waals surface area (Å²) in [5, 5.41) is 54.5. The highest BCUT2D eigenvalue weighted by molar-refractivity contribution is 5.82. The number of carbonyl (C=O) groups excluding carboxylic acids is 5. The quantitative estimate of drug-likeness (QED) is 0.0916. The van der Waals surface area contributed by atoms with Crippen molar-refractivity contribution >= 4 is 30.2 Å². The van der Waals surface area contributed by atoms with Crippen LogP contribution in [0.4, 0.5) is 14.4 Å². The maximum absolute atomic E-state index is 13.8. The van der Waals surface area contributed by atoms with Gasteiger partial charge < -0.3 is 88.6 Å². The third kappa shape index (κ3) is 19.2. The van der Waals surface area contributed by atoms with Gasteiger partial charge in [0.2, 0.25) is 0 Å². The molecule has 0 radical (unpaired) electrons. The van der Waals surface area contributed by atoms with Crippen molar-refractivity contribution in [1.82, 2.24) is 20.9 Å². The largest absolute Gasteiger partial charge is 0.460 e. The first-order valence-corrected chi connectivity index (χ1v) is 24.9. The van der Waals surface area contributed by atoms with Crippen LogP contribution in [0.1, 0.15) is 136 Å². The van der Waals surface area contributed by atoms with E-state index in [1.54, 1.807) is 96.9 Å². The summed E-state index contributed by atoms with van der Waals surface area (Å²) in [5.74, 6) is -4.12. The number of ether oxygens (including phenoxy) is 10. The minimum atomic E-state index is -1.86. The topological polar surface area (TPSA) is 298 Å². The van der Waals surface area contributed by atoms with Crippen molar-refractivity contribution in [2.45, 2.75) is 238 Å². The Bertz CT molecular complexity index is 1840. The van der Waals surface area contributed by atoms with Gasteiger partial charge >= 0.3 is 24.2 Å². The van der Waals surface area contributed by atoms with Gasteiger partial charge in [-0.05, 0) is 123 Å². The standard InChI is InChI=1S/C49H86N4O19/c1-26-17-18-27(22-53(43(61)72-47(11,12)13)23-28-24-64-48(14,15)68-28)65-39(26)66-37-31(52-42(60)71-46(8,9)10)20-30(51-38(58)32(54)21-50-41(59)70-45(5,6)7)36(35(37)57)67-40-34(56)29(49(16,62)25-63-40)19-33(55)69-44(2,3)4/h26-32,34-37,39-40,54,56-57,62H,17-25H2,1-16H3,(H,50,59)(H,51,58)(H,52,60)/t26?,27-,28+,29+,30+,31-,32-,34?,35?,36?,37?,39+,40+,49?/m0/s1. The summed E-state index contributed by atoms with van der Waals surface area (Å²) in [6.07, 6.45) is -14.2. The van der Waals surface area contributed by atoms with Crippen LogP contribution in [0.2, 0.25) is 0 Å². The molecule has 14 atom stereocenters. The molecule has 0 bridgehead atoms. The van der Waals surface area contributed by atoms with E-state index in [-0.39, 0.29) is 32.0 Å². The van der Waals surface area contributed by atoms with Crippen molar-refractivity contribution in [2.75, 3.05) is 32.8 Å². The van der Waals surface area contributed by atoms with Crippen molar-refractivity contribution in [1.29, 1.82) is 0 Å². The van der Waals surface area contributed by atoms with Crippen LogP contribution in [-0.2, 0) is 57.0 Å². The van der Waals surface area contributed by atoms with E-state index < -0.39 is 157 Å². The van der Waals surface area contributed by atoms with Crippen LogP contribution in [-0.4, -0.2) is 190 Å². The van der Waals surface area contributed by atoms with Crippen LogP contribution in [0.3, 0.4) is 0 Å². The number of alkyl carbamates (subject to hydrolysis) is 2. The second-order valence-corrected chi connectivity index (χ2v) is 24.1. The first-order valence-electron chi connectivity index (χ1n) is 24.9. The monoisotopic (exact) mass is 1030 g/mol. The number of nitrogens with zero attached hydrogens (tertiary/aromatic N) is 1. The first kappa shape index (κ1) is 60.9. The molecule has 0 aromatic heterocycles. The van der Waals surface area contributed by atoms with Gasteiger partial charge in [0.1, 0.15) is 59.0 Å². The van der Waals surface area contributed by atoms with Gasteiger partial charge in [-0.15, -0.1) is 0 Å². The molecule has 7 N–H and O–H groups in total. The number of hydrogen-bond donors (Lipinski definition) is 7. The third-order valence-corrected chi connectivity index (χ3v) is 11.9. The lowest BCUT2D eigenvalue weighted by molar-refractivity contribution is -0.318. The average Bonchev–Trinajstić information content (AvgIpc) is 3.54. The van der Waals surface area contributed by atoms with Crippen molar-refractivity contribution in [2.24, 2.45) is 11.8 Å². The molecule has 4 rings (SSSR count). The Balaban J connectivity index is 1.69. The molecular formula is C49H86N4O19. The third-order valence-electron chi connectivity index (χ3n) is 11.9. The summed E-state index contributed by atoms with van der Waals surface area (Å²) >= 11 is 0. The molecule has 6 unspecified atom stereocenters. The average molecular weight is 1040 g/mol. The van der Waals surface area contributed by atoms with Gasteiger partial charge in [0.25, 0.3) is 5.91 Å². The van der Waals surface area contributed by atoms with Crippen LogP contribution in [0.15, 0.2) is 0 Å². The Labute approximate surface area is 424 Å². The van der Waals surface area contributed by atoms with Crippen molar-refractivity contribution < 1.29 is 91.8 Å². The molecule has 23 heteroatoms. The van der Waals surface area contributed by atoms with E-state index in [9.17, 15) is 44.4 Å². The fraction of sp³-hybridized carbons (Fsp3) is 0.898. The first-order chi connectivity index (χ1) is 32.8. The molecule has 0 aromatic carbocycles. The van der Waals surface area contributed by atoms with E-state index in [1.807, 2.05) is 6.92 Å². The zero-order chi connectivity index (χ0) is 54.5. The molecule has 0 aromatic rings. The highest BCUT2D eigenvalue weighted by atomic mass is 16.7. The van der Waals surface area contributed by atoms with Gasteiger partial charge in [0, 0.05) is 11.8 Å². The summed E-state index contributed by atoms with van der Waals surface area (Å²) in [4.78, 5) is 68.0. The fourth-order valence-electron chi connectivity index (χ4n) is 8.68. The van der Waals surface area contributed by atoms with Gasteiger partial charge in [-0.3, -0.25) is 9.59 Å². The Morgan fingerprint density at radius 1 is 0.722 bits per heavy atom. The highest BCUT2D eigenvalue weighted by Gasteiger charge is 2.54.